The van der Waals surface area contributed by atoms with E-state index < -0.39 is 17.5 Å². The first-order chi connectivity index (χ1) is 7.02. The van der Waals surface area contributed by atoms with E-state index in [2.05, 4.69) is 5.32 Å². The summed E-state index contributed by atoms with van der Waals surface area (Å²) in [6.07, 6.45) is 0.767. The maximum absolute atomic E-state index is 12.8. The van der Waals surface area contributed by atoms with Gasteiger partial charge in [0.2, 0.25) is 0 Å². The van der Waals surface area contributed by atoms with Crippen molar-refractivity contribution in [3.63, 3.8) is 0 Å². The molecule has 0 spiro atoms. The average Bonchev–Trinajstić information content (AvgIpc) is 2.16. The normalized spacial score (nSPS) is 12.3. The second kappa shape index (κ2) is 4.87. The standard InChI is InChI=1S/C11H13F2NO/c1-3-7(2)14-11(15)8-4-9(12)6-10(13)5-8/h4-7H,3H2,1-2H3,(H,14,15)/t7-/m0/s1. The van der Waals surface area contributed by atoms with Gasteiger partial charge in [0.1, 0.15) is 11.6 Å². The summed E-state index contributed by atoms with van der Waals surface area (Å²) in [5, 5.41) is 2.63. The van der Waals surface area contributed by atoms with Crippen molar-refractivity contribution < 1.29 is 13.6 Å². The summed E-state index contributed by atoms with van der Waals surface area (Å²) in [6, 6.07) is 2.76. The van der Waals surface area contributed by atoms with Crippen molar-refractivity contribution in [2.45, 2.75) is 26.3 Å². The molecular weight excluding hydrogens is 200 g/mol. The van der Waals surface area contributed by atoms with Crippen LogP contribution in [0.25, 0.3) is 0 Å². The van der Waals surface area contributed by atoms with E-state index in [-0.39, 0.29) is 11.6 Å². The zero-order valence-electron chi connectivity index (χ0n) is 8.68. The van der Waals surface area contributed by atoms with Crippen molar-refractivity contribution in [2.24, 2.45) is 0 Å². The summed E-state index contributed by atoms with van der Waals surface area (Å²) in [5.41, 5.74) is 0.00722. The molecule has 4 heteroatoms. The van der Waals surface area contributed by atoms with Gasteiger partial charge >= 0.3 is 0 Å². The van der Waals surface area contributed by atoms with Crippen LogP contribution in [-0.2, 0) is 0 Å². The van der Waals surface area contributed by atoms with Crippen LogP contribution in [0, 0.1) is 11.6 Å². The van der Waals surface area contributed by atoms with Crippen LogP contribution in [0.3, 0.4) is 0 Å². The lowest BCUT2D eigenvalue weighted by molar-refractivity contribution is 0.0938. The Labute approximate surface area is 87.3 Å². The van der Waals surface area contributed by atoms with Crippen molar-refractivity contribution in [2.75, 3.05) is 0 Å². The van der Waals surface area contributed by atoms with E-state index in [9.17, 15) is 13.6 Å². The molecule has 0 aliphatic rings. The van der Waals surface area contributed by atoms with Gasteiger partial charge in [-0.3, -0.25) is 4.79 Å². The van der Waals surface area contributed by atoms with E-state index in [1.165, 1.54) is 0 Å². The molecule has 0 aliphatic carbocycles. The molecule has 15 heavy (non-hydrogen) atoms. The van der Waals surface area contributed by atoms with E-state index in [0.29, 0.717) is 0 Å². The highest BCUT2D eigenvalue weighted by atomic mass is 19.1. The van der Waals surface area contributed by atoms with Gasteiger partial charge in [0.15, 0.2) is 0 Å². The van der Waals surface area contributed by atoms with E-state index in [1.807, 2.05) is 13.8 Å². The van der Waals surface area contributed by atoms with Crippen LogP contribution < -0.4 is 5.32 Å². The van der Waals surface area contributed by atoms with Crippen LogP contribution >= 0.6 is 0 Å². The fraction of sp³-hybridized carbons (Fsp3) is 0.364. The van der Waals surface area contributed by atoms with E-state index >= 15 is 0 Å². The van der Waals surface area contributed by atoms with Crippen molar-refractivity contribution in [3.8, 4) is 0 Å². The zero-order chi connectivity index (χ0) is 11.4. The molecule has 0 aliphatic heterocycles. The summed E-state index contributed by atoms with van der Waals surface area (Å²) in [6.45, 7) is 3.74. The van der Waals surface area contributed by atoms with Crippen molar-refractivity contribution in [3.05, 3.63) is 35.4 Å². The molecule has 0 fully saturated rings. The second-order valence-corrected chi connectivity index (χ2v) is 3.44. The average molecular weight is 213 g/mol. The third-order valence-electron chi connectivity index (χ3n) is 2.11. The largest absolute Gasteiger partial charge is 0.350 e. The molecule has 1 atom stereocenters. The van der Waals surface area contributed by atoms with Gasteiger partial charge in [0.05, 0.1) is 0 Å². The molecule has 0 heterocycles. The second-order valence-electron chi connectivity index (χ2n) is 3.44. The lowest BCUT2D eigenvalue weighted by atomic mass is 10.1. The predicted molar refractivity (Wildman–Crippen MR) is 53.6 cm³/mol. The van der Waals surface area contributed by atoms with Crippen LogP contribution in [0.4, 0.5) is 8.78 Å². The topological polar surface area (TPSA) is 29.1 Å². The minimum absolute atomic E-state index is 0.00722. The summed E-state index contributed by atoms with van der Waals surface area (Å²) in [4.78, 5) is 11.5. The number of carbonyl (C=O) groups is 1. The van der Waals surface area contributed by atoms with Gasteiger partial charge in [0.25, 0.3) is 5.91 Å². The Balaban J connectivity index is 2.82. The summed E-state index contributed by atoms with van der Waals surface area (Å²) < 4.78 is 25.6. The molecule has 0 aromatic heterocycles. The third kappa shape index (κ3) is 3.31. The summed E-state index contributed by atoms with van der Waals surface area (Å²) in [5.74, 6) is -1.95. The van der Waals surface area contributed by atoms with Crippen LogP contribution in [0.2, 0.25) is 0 Å². The molecule has 1 amide bonds. The molecule has 1 aromatic carbocycles. The smallest absolute Gasteiger partial charge is 0.251 e. The molecule has 0 bridgehead atoms. The Kier molecular flexibility index (Phi) is 3.77. The van der Waals surface area contributed by atoms with E-state index in [4.69, 9.17) is 0 Å². The maximum Gasteiger partial charge on any atom is 0.251 e. The van der Waals surface area contributed by atoms with Crippen LogP contribution in [0.1, 0.15) is 30.6 Å². The molecule has 1 N–H and O–H groups in total. The predicted octanol–water partition coefficient (Wildman–Crippen LogP) is 2.49. The maximum atomic E-state index is 12.8. The lowest BCUT2D eigenvalue weighted by Gasteiger charge is -2.11. The van der Waals surface area contributed by atoms with E-state index in [1.54, 1.807) is 0 Å². The van der Waals surface area contributed by atoms with Gasteiger partial charge in [-0.25, -0.2) is 8.78 Å². The number of amides is 1. The minimum Gasteiger partial charge on any atom is -0.350 e. The number of benzene rings is 1. The Hall–Kier alpha value is -1.45. The fourth-order valence-electron chi connectivity index (χ4n) is 1.09. The summed E-state index contributed by atoms with van der Waals surface area (Å²) >= 11 is 0. The summed E-state index contributed by atoms with van der Waals surface area (Å²) in [7, 11) is 0. The molecule has 2 nitrogen and oxygen atoms in total. The molecule has 82 valence electrons. The molecule has 0 saturated carbocycles. The molecule has 1 aromatic rings. The fourth-order valence-corrected chi connectivity index (χ4v) is 1.09. The first kappa shape index (κ1) is 11.6. The molecular formula is C11H13F2NO. The van der Waals surface area contributed by atoms with Crippen LogP contribution in [-0.4, -0.2) is 11.9 Å². The first-order valence-corrected chi connectivity index (χ1v) is 4.80. The molecule has 0 radical (unpaired) electrons. The number of hydrogen-bond acceptors (Lipinski definition) is 1. The lowest BCUT2D eigenvalue weighted by Crippen LogP contribution is -2.32. The quantitative estimate of drug-likeness (QED) is 0.821. The van der Waals surface area contributed by atoms with Gasteiger partial charge < -0.3 is 5.32 Å². The number of rotatable bonds is 3. The van der Waals surface area contributed by atoms with Gasteiger partial charge in [0, 0.05) is 17.7 Å². The minimum atomic E-state index is -0.746. The number of carbonyl (C=O) groups excluding carboxylic acids is 1. The van der Waals surface area contributed by atoms with Crippen molar-refractivity contribution >= 4 is 5.91 Å². The Morgan fingerprint density at radius 1 is 1.33 bits per heavy atom. The molecule has 0 unspecified atom stereocenters. The van der Waals surface area contributed by atoms with Crippen molar-refractivity contribution in [1.29, 1.82) is 0 Å². The first-order valence-electron chi connectivity index (χ1n) is 4.80. The number of hydrogen-bond donors (Lipinski definition) is 1. The SMILES string of the molecule is CC[C@H](C)NC(=O)c1cc(F)cc(F)c1. The third-order valence-corrected chi connectivity index (χ3v) is 2.11. The highest BCUT2D eigenvalue weighted by Crippen LogP contribution is 2.08. The van der Waals surface area contributed by atoms with Crippen LogP contribution in [0.5, 0.6) is 0 Å². The number of nitrogens with one attached hydrogen (secondary N) is 1. The monoisotopic (exact) mass is 213 g/mol. The highest BCUT2D eigenvalue weighted by Gasteiger charge is 2.10. The van der Waals surface area contributed by atoms with E-state index in [0.717, 1.165) is 24.6 Å². The molecule has 1 rings (SSSR count). The van der Waals surface area contributed by atoms with Crippen molar-refractivity contribution in [1.82, 2.24) is 5.32 Å². The Morgan fingerprint density at radius 3 is 2.33 bits per heavy atom. The van der Waals surface area contributed by atoms with Gasteiger partial charge in [-0.2, -0.15) is 0 Å². The van der Waals surface area contributed by atoms with Crippen LogP contribution in [0.15, 0.2) is 18.2 Å². The Bertz CT molecular complexity index is 345. The highest BCUT2D eigenvalue weighted by molar-refractivity contribution is 5.94. The van der Waals surface area contributed by atoms with Gasteiger partial charge in [-0.1, -0.05) is 6.92 Å². The zero-order valence-corrected chi connectivity index (χ0v) is 8.68. The molecule has 0 saturated heterocycles. The number of halogens is 2. The van der Waals surface area contributed by atoms with Gasteiger partial charge in [-0.15, -0.1) is 0 Å². The van der Waals surface area contributed by atoms with Gasteiger partial charge in [-0.05, 0) is 25.5 Å². The Morgan fingerprint density at radius 2 is 1.87 bits per heavy atom.